The van der Waals surface area contributed by atoms with Gasteiger partial charge in [0, 0.05) is 10.7 Å². The highest BCUT2D eigenvalue weighted by Gasteiger charge is 2.47. The summed E-state index contributed by atoms with van der Waals surface area (Å²) in [5, 5.41) is 6.03. The van der Waals surface area contributed by atoms with Crippen LogP contribution in [0.4, 0.5) is 11.4 Å². The summed E-state index contributed by atoms with van der Waals surface area (Å²) in [4.78, 5) is 25.7. The predicted octanol–water partition coefficient (Wildman–Crippen LogP) is 4.66. The van der Waals surface area contributed by atoms with Crippen LogP contribution < -0.4 is 15.4 Å². The van der Waals surface area contributed by atoms with Crippen molar-refractivity contribution in [2.45, 2.75) is 18.9 Å². The van der Waals surface area contributed by atoms with Gasteiger partial charge in [-0.1, -0.05) is 60.1 Å². The Hall–Kier alpha value is -3.31. The van der Waals surface area contributed by atoms with Crippen LogP contribution in [0, 0.1) is 0 Å². The number of carbonyl (C=O) groups is 2. The first-order valence-electron chi connectivity index (χ1n) is 9.19. The van der Waals surface area contributed by atoms with E-state index in [2.05, 4.69) is 10.6 Å². The Bertz CT molecular complexity index is 1080. The molecule has 1 atom stereocenters. The molecule has 0 bridgehead atoms. The molecule has 29 heavy (non-hydrogen) atoms. The molecule has 0 fully saturated rings. The number of hydrogen-bond acceptors (Lipinski definition) is 3. The van der Waals surface area contributed by atoms with E-state index in [0.29, 0.717) is 28.6 Å². The number of ether oxygens (including phenoxy) is 1. The van der Waals surface area contributed by atoms with Gasteiger partial charge >= 0.3 is 0 Å². The standard InChI is InChI=1S/C23H19ClN2O3/c1-23(22(28)26-19-14-17(24)11-12-20(19)29-23)21(27)25-18-10-6-5-9-16(18)13-15-7-3-2-4-8-15/h2-12,14H,13H2,1H3,(H,25,27)(H,26,28). The lowest BCUT2D eigenvalue weighted by molar-refractivity contribution is -0.143. The van der Waals surface area contributed by atoms with Crippen molar-refractivity contribution >= 4 is 34.8 Å². The van der Waals surface area contributed by atoms with Crippen LogP contribution in [0.15, 0.2) is 72.8 Å². The third-order valence-electron chi connectivity index (χ3n) is 4.87. The highest BCUT2D eigenvalue weighted by Crippen LogP contribution is 2.36. The molecule has 2 N–H and O–H groups in total. The van der Waals surface area contributed by atoms with Crippen molar-refractivity contribution in [3.63, 3.8) is 0 Å². The van der Waals surface area contributed by atoms with E-state index in [-0.39, 0.29) is 0 Å². The average Bonchev–Trinajstić information content (AvgIpc) is 2.71. The Morgan fingerprint density at radius 3 is 2.59 bits per heavy atom. The van der Waals surface area contributed by atoms with Gasteiger partial charge in [-0.15, -0.1) is 0 Å². The number of para-hydroxylation sites is 1. The highest BCUT2D eigenvalue weighted by molar-refractivity contribution is 6.31. The lowest BCUT2D eigenvalue weighted by atomic mass is 10.00. The first-order chi connectivity index (χ1) is 14.0. The van der Waals surface area contributed by atoms with Crippen LogP contribution in [0.1, 0.15) is 18.1 Å². The molecule has 0 radical (unpaired) electrons. The fourth-order valence-electron chi connectivity index (χ4n) is 3.20. The maximum Gasteiger partial charge on any atom is 0.278 e. The molecule has 0 saturated heterocycles. The van der Waals surface area contributed by atoms with Crippen molar-refractivity contribution < 1.29 is 14.3 Å². The molecule has 0 aliphatic carbocycles. The first-order valence-corrected chi connectivity index (χ1v) is 9.57. The second-order valence-electron chi connectivity index (χ2n) is 7.00. The number of nitrogens with one attached hydrogen (secondary N) is 2. The number of halogens is 1. The first kappa shape index (κ1) is 19.0. The molecule has 3 aromatic carbocycles. The van der Waals surface area contributed by atoms with Crippen LogP contribution in [-0.4, -0.2) is 17.4 Å². The lowest BCUT2D eigenvalue weighted by Crippen LogP contribution is -2.56. The van der Waals surface area contributed by atoms with E-state index in [1.165, 1.54) is 6.92 Å². The highest BCUT2D eigenvalue weighted by atomic mass is 35.5. The normalized spacial score (nSPS) is 17.7. The quantitative estimate of drug-likeness (QED) is 0.619. The van der Waals surface area contributed by atoms with Crippen LogP contribution >= 0.6 is 11.6 Å². The average molecular weight is 407 g/mol. The Balaban J connectivity index is 1.58. The number of carbonyl (C=O) groups excluding carboxylic acids is 2. The van der Waals surface area contributed by atoms with Crippen LogP contribution in [0.5, 0.6) is 5.75 Å². The minimum absolute atomic E-state index is 0.393. The number of benzene rings is 3. The summed E-state index contributed by atoms with van der Waals surface area (Å²) in [5.74, 6) is -0.703. The fraction of sp³-hybridized carbons (Fsp3) is 0.130. The summed E-state index contributed by atoms with van der Waals surface area (Å²) >= 11 is 5.96. The molecule has 0 aromatic heterocycles. The van der Waals surface area contributed by atoms with Gasteiger partial charge < -0.3 is 15.4 Å². The van der Waals surface area contributed by atoms with E-state index >= 15 is 0 Å². The largest absolute Gasteiger partial charge is 0.466 e. The van der Waals surface area contributed by atoms with Crippen LogP contribution in [-0.2, 0) is 16.0 Å². The molecule has 0 saturated carbocycles. The molecule has 1 aliphatic rings. The summed E-state index contributed by atoms with van der Waals surface area (Å²) in [6.45, 7) is 1.45. The fourth-order valence-corrected chi connectivity index (χ4v) is 3.37. The summed E-state index contributed by atoms with van der Waals surface area (Å²) in [5.41, 5.74) is 1.44. The molecule has 1 heterocycles. The molecular weight excluding hydrogens is 388 g/mol. The van der Waals surface area contributed by atoms with E-state index in [4.69, 9.17) is 16.3 Å². The van der Waals surface area contributed by atoms with Gasteiger partial charge in [-0.25, -0.2) is 0 Å². The molecule has 146 valence electrons. The smallest absolute Gasteiger partial charge is 0.278 e. The number of anilines is 2. The van der Waals surface area contributed by atoms with Crippen molar-refractivity contribution in [3.05, 3.63) is 88.9 Å². The molecule has 6 heteroatoms. The lowest BCUT2D eigenvalue weighted by Gasteiger charge is -2.33. The van der Waals surface area contributed by atoms with Crippen molar-refractivity contribution in [1.82, 2.24) is 0 Å². The number of hydrogen-bond donors (Lipinski definition) is 2. The van der Waals surface area contributed by atoms with Gasteiger partial charge in [0.05, 0.1) is 5.69 Å². The molecule has 2 amide bonds. The number of fused-ring (bicyclic) bond motifs is 1. The Kier molecular flexibility index (Phi) is 4.99. The monoisotopic (exact) mass is 406 g/mol. The SMILES string of the molecule is CC1(C(=O)Nc2ccccc2Cc2ccccc2)Oc2ccc(Cl)cc2NC1=O. The topological polar surface area (TPSA) is 67.4 Å². The van der Waals surface area contributed by atoms with Gasteiger partial charge in [0.1, 0.15) is 5.75 Å². The third kappa shape index (κ3) is 3.82. The second-order valence-corrected chi connectivity index (χ2v) is 7.44. The maximum atomic E-state index is 13.1. The zero-order valence-electron chi connectivity index (χ0n) is 15.7. The van der Waals surface area contributed by atoms with Gasteiger partial charge in [0.15, 0.2) is 0 Å². The van der Waals surface area contributed by atoms with Gasteiger partial charge in [0.2, 0.25) is 0 Å². The van der Waals surface area contributed by atoms with E-state index in [1.807, 2.05) is 54.6 Å². The molecule has 4 rings (SSSR count). The summed E-state index contributed by atoms with van der Waals surface area (Å²) in [6, 6.07) is 22.3. The van der Waals surface area contributed by atoms with Crippen molar-refractivity contribution in [3.8, 4) is 5.75 Å². The van der Waals surface area contributed by atoms with E-state index in [9.17, 15) is 9.59 Å². The molecule has 3 aromatic rings. The maximum absolute atomic E-state index is 13.1. The predicted molar refractivity (Wildman–Crippen MR) is 113 cm³/mol. The molecule has 1 aliphatic heterocycles. The number of amides is 2. The zero-order valence-corrected chi connectivity index (χ0v) is 16.5. The van der Waals surface area contributed by atoms with Crippen LogP contribution in [0.2, 0.25) is 5.02 Å². The Morgan fingerprint density at radius 2 is 1.79 bits per heavy atom. The molecule has 1 unspecified atom stereocenters. The van der Waals surface area contributed by atoms with Gasteiger partial charge in [-0.3, -0.25) is 9.59 Å². The van der Waals surface area contributed by atoms with Gasteiger partial charge in [-0.05, 0) is 48.7 Å². The van der Waals surface area contributed by atoms with Crippen LogP contribution in [0.25, 0.3) is 0 Å². The summed E-state index contributed by atoms with van der Waals surface area (Å²) in [6.07, 6.45) is 0.655. The zero-order chi connectivity index (χ0) is 20.4. The third-order valence-corrected chi connectivity index (χ3v) is 5.11. The summed E-state index contributed by atoms with van der Waals surface area (Å²) < 4.78 is 5.80. The van der Waals surface area contributed by atoms with E-state index < -0.39 is 17.4 Å². The van der Waals surface area contributed by atoms with Crippen molar-refractivity contribution in [1.29, 1.82) is 0 Å². The second kappa shape index (κ2) is 7.60. The van der Waals surface area contributed by atoms with Gasteiger partial charge in [-0.2, -0.15) is 0 Å². The molecule has 5 nitrogen and oxygen atoms in total. The minimum atomic E-state index is -1.71. The van der Waals surface area contributed by atoms with Crippen molar-refractivity contribution in [2.24, 2.45) is 0 Å². The van der Waals surface area contributed by atoms with E-state index in [0.717, 1.165) is 11.1 Å². The van der Waals surface area contributed by atoms with Gasteiger partial charge in [0.25, 0.3) is 17.4 Å². The van der Waals surface area contributed by atoms with Crippen molar-refractivity contribution in [2.75, 3.05) is 10.6 Å². The summed E-state index contributed by atoms with van der Waals surface area (Å²) in [7, 11) is 0. The molecular formula is C23H19ClN2O3. The number of rotatable bonds is 4. The van der Waals surface area contributed by atoms with Crippen LogP contribution in [0.3, 0.4) is 0 Å². The molecule has 0 spiro atoms. The minimum Gasteiger partial charge on any atom is -0.466 e. The van der Waals surface area contributed by atoms with E-state index in [1.54, 1.807) is 18.2 Å². The Morgan fingerprint density at radius 1 is 1.07 bits per heavy atom. The Labute approximate surface area is 173 Å².